The smallest absolute Gasteiger partial charge is 0.272 e. The van der Waals surface area contributed by atoms with Crippen LogP contribution in [0.2, 0.25) is 0 Å². The van der Waals surface area contributed by atoms with Crippen molar-refractivity contribution in [2.75, 3.05) is 24.6 Å². The van der Waals surface area contributed by atoms with Crippen LogP contribution < -0.4 is 9.64 Å². The third-order valence-electron chi connectivity index (χ3n) is 2.93. The highest BCUT2D eigenvalue weighted by Crippen LogP contribution is 2.32. The topological polar surface area (TPSA) is 12.5 Å². The van der Waals surface area contributed by atoms with Crippen molar-refractivity contribution in [2.45, 2.75) is 26.2 Å². The summed E-state index contributed by atoms with van der Waals surface area (Å²) in [5, 5.41) is 0. The number of anilines is 1. The quantitative estimate of drug-likeness (QED) is 0.802. The van der Waals surface area contributed by atoms with Crippen molar-refractivity contribution in [3.8, 4) is 5.75 Å². The van der Waals surface area contributed by atoms with Gasteiger partial charge in [0.25, 0.3) is 6.43 Å². The van der Waals surface area contributed by atoms with Crippen LogP contribution in [0.25, 0.3) is 0 Å². The van der Waals surface area contributed by atoms with Crippen molar-refractivity contribution in [3.63, 3.8) is 0 Å². The molecule has 17 heavy (non-hydrogen) atoms. The van der Waals surface area contributed by atoms with Gasteiger partial charge in [-0.15, -0.1) is 0 Å². The number of ether oxygens (including phenoxy) is 1. The van der Waals surface area contributed by atoms with Crippen LogP contribution in [-0.4, -0.2) is 26.1 Å². The molecule has 0 unspecified atom stereocenters. The summed E-state index contributed by atoms with van der Waals surface area (Å²) < 4.78 is 29.6. The van der Waals surface area contributed by atoms with Gasteiger partial charge in [-0.1, -0.05) is 6.07 Å². The fourth-order valence-electron chi connectivity index (χ4n) is 2.11. The molecule has 0 spiro atoms. The molecule has 0 radical (unpaired) electrons. The molecule has 2 nitrogen and oxygen atoms in total. The van der Waals surface area contributed by atoms with Crippen molar-refractivity contribution in [1.82, 2.24) is 0 Å². The number of hydrogen-bond acceptors (Lipinski definition) is 2. The zero-order chi connectivity index (χ0) is 12.3. The molecule has 1 aromatic rings. The van der Waals surface area contributed by atoms with Gasteiger partial charge in [0.1, 0.15) is 12.4 Å². The third-order valence-corrected chi connectivity index (χ3v) is 2.93. The Balaban J connectivity index is 2.17. The lowest BCUT2D eigenvalue weighted by Crippen LogP contribution is -2.19. The second-order valence-corrected chi connectivity index (χ2v) is 4.37. The predicted molar refractivity (Wildman–Crippen MR) is 64.1 cm³/mol. The van der Waals surface area contributed by atoms with Gasteiger partial charge >= 0.3 is 0 Å². The van der Waals surface area contributed by atoms with Gasteiger partial charge in [0.05, 0.1) is 5.69 Å². The van der Waals surface area contributed by atoms with Gasteiger partial charge in [0.2, 0.25) is 0 Å². The van der Waals surface area contributed by atoms with Crippen LogP contribution in [-0.2, 0) is 0 Å². The number of aryl methyl sites for hydroxylation is 1. The minimum atomic E-state index is -2.43. The van der Waals surface area contributed by atoms with Crippen molar-refractivity contribution in [3.05, 3.63) is 23.8 Å². The molecule has 0 N–H and O–H groups in total. The first-order valence-corrected chi connectivity index (χ1v) is 5.93. The minimum Gasteiger partial charge on any atom is -0.485 e. The van der Waals surface area contributed by atoms with Crippen LogP contribution >= 0.6 is 0 Å². The Morgan fingerprint density at radius 2 is 2.00 bits per heavy atom. The van der Waals surface area contributed by atoms with E-state index >= 15 is 0 Å². The number of halogens is 2. The SMILES string of the molecule is Cc1ccc(N2CCCC2)c(OCC(F)F)c1. The van der Waals surface area contributed by atoms with E-state index in [1.807, 2.05) is 25.1 Å². The summed E-state index contributed by atoms with van der Waals surface area (Å²) in [7, 11) is 0. The second kappa shape index (κ2) is 5.34. The molecule has 0 saturated carbocycles. The van der Waals surface area contributed by atoms with Crippen molar-refractivity contribution < 1.29 is 13.5 Å². The van der Waals surface area contributed by atoms with E-state index in [0.717, 1.165) is 37.2 Å². The van der Waals surface area contributed by atoms with Gasteiger partial charge in [-0.05, 0) is 37.5 Å². The molecule has 94 valence electrons. The molecule has 1 heterocycles. The van der Waals surface area contributed by atoms with Crippen molar-refractivity contribution >= 4 is 5.69 Å². The molecule has 0 atom stereocenters. The van der Waals surface area contributed by atoms with Crippen LogP contribution in [0.5, 0.6) is 5.75 Å². The summed E-state index contributed by atoms with van der Waals surface area (Å²) in [5.74, 6) is 0.576. The fourth-order valence-corrected chi connectivity index (χ4v) is 2.11. The normalized spacial score (nSPS) is 15.6. The highest BCUT2D eigenvalue weighted by Gasteiger charge is 2.17. The second-order valence-electron chi connectivity index (χ2n) is 4.37. The highest BCUT2D eigenvalue weighted by molar-refractivity contribution is 5.60. The summed E-state index contributed by atoms with van der Waals surface area (Å²) in [6, 6.07) is 5.78. The van der Waals surface area contributed by atoms with Crippen LogP contribution in [0.3, 0.4) is 0 Å². The Bertz CT molecular complexity index is 376. The summed E-state index contributed by atoms with van der Waals surface area (Å²) in [6.45, 7) is 3.36. The average molecular weight is 241 g/mol. The average Bonchev–Trinajstić information content (AvgIpc) is 2.80. The number of alkyl halides is 2. The lowest BCUT2D eigenvalue weighted by molar-refractivity contribution is 0.0821. The third kappa shape index (κ3) is 3.08. The Labute approximate surface area is 100 Å². The maximum Gasteiger partial charge on any atom is 0.272 e. The van der Waals surface area contributed by atoms with E-state index in [1.165, 1.54) is 0 Å². The molecule has 1 aliphatic heterocycles. The van der Waals surface area contributed by atoms with E-state index in [-0.39, 0.29) is 0 Å². The molecule has 1 aromatic carbocycles. The Kier molecular flexibility index (Phi) is 3.82. The first kappa shape index (κ1) is 12.1. The fraction of sp³-hybridized carbons (Fsp3) is 0.538. The van der Waals surface area contributed by atoms with E-state index < -0.39 is 13.0 Å². The van der Waals surface area contributed by atoms with Gasteiger partial charge in [-0.2, -0.15) is 0 Å². The molecule has 0 bridgehead atoms. The number of benzene rings is 1. The lowest BCUT2D eigenvalue weighted by atomic mass is 10.2. The molecular weight excluding hydrogens is 224 g/mol. The van der Waals surface area contributed by atoms with E-state index in [4.69, 9.17) is 4.74 Å². The molecule has 0 aromatic heterocycles. The van der Waals surface area contributed by atoms with Crippen molar-refractivity contribution in [2.24, 2.45) is 0 Å². The van der Waals surface area contributed by atoms with Gasteiger partial charge < -0.3 is 9.64 Å². The monoisotopic (exact) mass is 241 g/mol. The van der Waals surface area contributed by atoms with Crippen molar-refractivity contribution in [1.29, 1.82) is 0 Å². The highest BCUT2D eigenvalue weighted by atomic mass is 19.3. The predicted octanol–water partition coefficient (Wildman–Crippen LogP) is 3.24. The zero-order valence-electron chi connectivity index (χ0n) is 9.96. The Hall–Kier alpha value is -1.32. The molecule has 1 saturated heterocycles. The first-order valence-electron chi connectivity index (χ1n) is 5.93. The number of hydrogen-bond donors (Lipinski definition) is 0. The van der Waals surface area contributed by atoms with Gasteiger partial charge in [-0.25, -0.2) is 8.78 Å². The van der Waals surface area contributed by atoms with Crippen LogP contribution in [0.1, 0.15) is 18.4 Å². The molecule has 2 rings (SSSR count). The van der Waals surface area contributed by atoms with Gasteiger partial charge in [-0.3, -0.25) is 0 Å². The Morgan fingerprint density at radius 1 is 1.29 bits per heavy atom. The Morgan fingerprint density at radius 3 is 2.65 bits per heavy atom. The van der Waals surface area contributed by atoms with E-state index in [9.17, 15) is 8.78 Å². The summed E-state index contributed by atoms with van der Waals surface area (Å²) >= 11 is 0. The van der Waals surface area contributed by atoms with E-state index in [0.29, 0.717) is 5.75 Å². The van der Waals surface area contributed by atoms with Crippen LogP contribution in [0.15, 0.2) is 18.2 Å². The largest absolute Gasteiger partial charge is 0.485 e. The minimum absolute atomic E-state index is 0.537. The standard InChI is InChI=1S/C13H17F2NO/c1-10-4-5-11(16-6-2-3-7-16)12(8-10)17-9-13(14)15/h4-5,8,13H,2-3,6-7,9H2,1H3. The lowest BCUT2D eigenvalue weighted by Gasteiger charge is -2.21. The summed E-state index contributed by atoms with van der Waals surface area (Å²) in [6.07, 6.45) is -0.119. The molecular formula is C13H17F2NO. The van der Waals surface area contributed by atoms with Crippen LogP contribution in [0.4, 0.5) is 14.5 Å². The summed E-state index contributed by atoms with van der Waals surface area (Å²) in [4.78, 5) is 2.19. The maximum absolute atomic E-state index is 12.2. The molecule has 4 heteroatoms. The first-order chi connectivity index (χ1) is 8.16. The van der Waals surface area contributed by atoms with E-state index in [2.05, 4.69) is 4.90 Å². The molecule has 1 aliphatic rings. The van der Waals surface area contributed by atoms with Gasteiger partial charge in [0.15, 0.2) is 0 Å². The molecule has 0 amide bonds. The number of rotatable bonds is 4. The van der Waals surface area contributed by atoms with E-state index in [1.54, 1.807) is 0 Å². The molecule has 0 aliphatic carbocycles. The maximum atomic E-state index is 12.2. The zero-order valence-corrected chi connectivity index (χ0v) is 9.96. The van der Waals surface area contributed by atoms with Crippen LogP contribution in [0, 0.1) is 6.92 Å². The van der Waals surface area contributed by atoms with Gasteiger partial charge in [0, 0.05) is 13.1 Å². The summed E-state index contributed by atoms with van der Waals surface area (Å²) in [5.41, 5.74) is 1.96. The number of nitrogens with zero attached hydrogens (tertiary/aromatic N) is 1. The molecule has 1 fully saturated rings.